The van der Waals surface area contributed by atoms with E-state index in [2.05, 4.69) is 10.2 Å². The van der Waals surface area contributed by atoms with Crippen LogP contribution in [0, 0.1) is 0 Å². The zero-order chi connectivity index (χ0) is 17.7. The van der Waals surface area contributed by atoms with Gasteiger partial charge in [-0.15, -0.1) is 0 Å². The largest absolute Gasteiger partial charge is 0.492 e. The van der Waals surface area contributed by atoms with Gasteiger partial charge in [0, 0.05) is 30.9 Å². The minimum absolute atomic E-state index is 0.149. The van der Waals surface area contributed by atoms with Gasteiger partial charge in [0.2, 0.25) is 0 Å². The van der Waals surface area contributed by atoms with Gasteiger partial charge in [0.05, 0.1) is 12.3 Å². The number of hydrogen-bond donors (Lipinski definition) is 2. The van der Waals surface area contributed by atoms with E-state index in [1.165, 1.54) is 0 Å². The van der Waals surface area contributed by atoms with Crippen LogP contribution in [-0.4, -0.2) is 37.4 Å². The predicted molar refractivity (Wildman–Crippen MR) is 96.6 cm³/mol. The number of hydrogen-bond acceptors (Lipinski definition) is 5. The maximum Gasteiger partial charge on any atom is 0.407 e. The summed E-state index contributed by atoms with van der Waals surface area (Å²) in [4.78, 5) is 14.1. The lowest BCUT2D eigenvalue weighted by molar-refractivity contribution is 0.0497. The summed E-state index contributed by atoms with van der Waals surface area (Å²) in [5.74, 6) is 0.726. The molecule has 0 bridgehead atoms. The average Bonchev–Trinajstić information content (AvgIpc) is 2.48. The Bertz CT molecular complexity index is 561. The van der Waals surface area contributed by atoms with Crippen molar-refractivity contribution in [3.63, 3.8) is 0 Å². The van der Waals surface area contributed by atoms with Crippen molar-refractivity contribution in [2.75, 3.05) is 30.3 Å². The van der Waals surface area contributed by atoms with Crippen LogP contribution >= 0.6 is 0 Å². The lowest BCUT2D eigenvalue weighted by Gasteiger charge is -2.34. The van der Waals surface area contributed by atoms with Crippen LogP contribution < -0.4 is 20.7 Å². The number of anilines is 2. The second kappa shape index (κ2) is 7.64. The molecule has 6 nitrogen and oxygen atoms in total. The Morgan fingerprint density at radius 1 is 1.33 bits per heavy atom. The number of ether oxygens (including phenoxy) is 2. The topological polar surface area (TPSA) is 76.8 Å². The summed E-state index contributed by atoms with van der Waals surface area (Å²) in [6.45, 7) is 9.88. The highest BCUT2D eigenvalue weighted by Gasteiger charge is 2.24. The van der Waals surface area contributed by atoms with Crippen LogP contribution in [0.3, 0.4) is 0 Å². The molecule has 1 aromatic rings. The third kappa shape index (κ3) is 5.22. The van der Waals surface area contributed by atoms with Gasteiger partial charge >= 0.3 is 6.09 Å². The molecule has 1 amide bonds. The number of amides is 1. The van der Waals surface area contributed by atoms with E-state index in [4.69, 9.17) is 15.2 Å². The lowest BCUT2D eigenvalue weighted by Crippen LogP contribution is -2.46. The number of carbonyl (C=O) groups is 1. The number of piperidine rings is 1. The lowest BCUT2D eigenvalue weighted by atomic mass is 10.0. The average molecular weight is 335 g/mol. The third-order valence-electron chi connectivity index (χ3n) is 3.88. The van der Waals surface area contributed by atoms with Gasteiger partial charge in [-0.3, -0.25) is 0 Å². The first-order chi connectivity index (χ1) is 11.3. The normalized spacial score (nSPS) is 15.9. The fourth-order valence-corrected chi connectivity index (χ4v) is 2.76. The van der Waals surface area contributed by atoms with Crippen LogP contribution in [0.5, 0.6) is 5.75 Å². The minimum atomic E-state index is -0.468. The Hall–Kier alpha value is -2.11. The van der Waals surface area contributed by atoms with Crippen molar-refractivity contribution >= 4 is 17.5 Å². The standard InChI is InChI=1S/C18H29N3O3/c1-5-23-16-12-14(6-7-15(16)19)21-10-8-13(9-11-21)20-17(22)24-18(2,3)4/h6-7,12-13H,5,8-11,19H2,1-4H3,(H,20,22). The highest BCUT2D eigenvalue weighted by atomic mass is 16.6. The van der Waals surface area contributed by atoms with E-state index in [1.807, 2.05) is 45.9 Å². The Morgan fingerprint density at radius 3 is 2.58 bits per heavy atom. The van der Waals surface area contributed by atoms with Gasteiger partial charge in [-0.1, -0.05) is 0 Å². The number of nitrogens with zero attached hydrogens (tertiary/aromatic N) is 1. The molecule has 1 aromatic carbocycles. The molecule has 0 saturated carbocycles. The van der Waals surface area contributed by atoms with Gasteiger partial charge in [-0.25, -0.2) is 4.79 Å². The maximum atomic E-state index is 11.9. The van der Waals surface area contributed by atoms with Gasteiger partial charge in [0.15, 0.2) is 0 Å². The van der Waals surface area contributed by atoms with E-state index < -0.39 is 5.60 Å². The molecule has 1 aliphatic heterocycles. The molecular weight excluding hydrogens is 306 g/mol. The van der Waals surface area contributed by atoms with Crippen LogP contribution in [-0.2, 0) is 4.74 Å². The Balaban J connectivity index is 1.88. The van der Waals surface area contributed by atoms with Gasteiger partial charge in [0.25, 0.3) is 0 Å². The highest BCUT2D eigenvalue weighted by molar-refractivity contribution is 5.68. The van der Waals surface area contributed by atoms with E-state index in [9.17, 15) is 4.79 Å². The fraction of sp³-hybridized carbons (Fsp3) is 0.611. The van der Waals surface area contributed by atoms with E-state index in [0.29, 0.717) is 12.3 Å². The molecular formula is C18H29N3O3. The van der Waals surface area contributed by atoms with Crippen molar-refractivity contribution in [1.29, 1.82) is 0 Å². The SMILES string of the molecule is CCOc1cc(N2CCC(NC(=O)OC(C)(C)C)CC2)ccc1N. The van der Waals surface area contributed by atoms with Gasteiger partial charge in [-0.2, -0.15) is 0 Å². The Labute approximate surface area is 144 Å². The molecule has 1 heterocycles. The van der Waals surface area contributed by atoms with Crippen molar-refractivity contribution in [2.24, 2.45) is 0 Å². The van der Waals surface area contributed by atoms with Crippen LogP contribution in [0.25, 0.3) is 0 Å². The van der Waals surface area contributed by atoms with Crippen LogP contribution in [0.2, 0.25) is 0 Å². The van der Waals surface area contributed by atoms with E-state index in [0.717, 1.165) is 37.4 Å². The molecule has 2 rings (SSSR count). The molecule has 1 aliphatic rings. The molecule has 1 fully saturated rings. The Morgan fingerprint density at radius 2 is 2.00 bits per heavy atom. The number of rotatable bonds is 4. The zero-order valence-electron chi connectivity index (χ0n) is 15.1. The molecule has 0 unspecified atom stereocenters. The fourth-order valence-electron chi connectivity index (χ4n) is 2.76. The van der Waals surface area contributed by atoms with Gasteiger partial charge in [-0.05, 0) is 52.7 Å². The van der Waals surface area contributed by atoms with Gasteiger partial charge < -0.3 is 25.4 Å². The Kier molecular flexibility index (Phi) is 5.80. The van der Waals surface area contributed by atoms with Crippen LogP contribution in [0.4, 0.5) is 16.2 Å². The molecule has 0 aromatic heterocycles. The molecule has 3 N–H and O–H groups in total. The van der Waals surface area contributed by atoms with Crippen molar-refractivity contribution < 1.29 is 14.3 Å². The molecule has 0 atom stereocenters. The summed E-state index contributed by atoms with van der Waals surface area (Å²) in [6, 6.07) is 6.03. The number of nitrogen functional groups attached to an aromatic ring is 1. The van der Waals surface area contributed by atoms with Crippen LogP contribution in [0.1, 0.15) is 40.5 Å². The zero-order valence-corrected chi connectivity index (χ0v) is 15.1. The monoisotopic (exact) mass is 335 g/mol. The van der Waals surface area contributed by atoms with E-state index in [1.54, 1.807) is 0 Å². The number of benzene rings is 1. The number of nitrogens with two attached hydrogens (primary N) is 1. The summed E-state index contributed by atoms with van der Waals surface area (Å²) in [5.41, 5.74) is 7.21. The summed E-state index contributed by atoms with van der Waals surface area (Å²) < 4.78 is 10.9. The van der Waals surface area contributed by atoms with Crippen molar-refractivity contribution in [3.05, 3.63) is 18.2 Å². The van der Waals surface area contributed by atoms with Crippen molar-refractivity contribution in [1.82, 2.24) is 5.32 Å². The van der Waals surface area contributed by atoms with Crippen molar-refractivity contribution in [3.8, 4) is 5.75 Å². The smallest absolute Gasteiger partial charge is 0.407 e. The number of alkyl carbamates (subject to hydrolysis) is 1. The summed E-state index contributed by atoms with van der Waals surface area (Å²) >= 11 is 0. The quantitative estimate of drug-likeness (QED) is 0.827. The first kappa shape index (κ1) is 18.2. The second-order valence-electron chi connectivity index (χ2n) is 7.06. The third-order valence-corrected chi connectivity index (χ3v) is 3.88. The maximum absolute atomic E-state index is 11.9. The first-order valence-electron chi connectivity index (χ1n) is 8.55. The second-order valence-corrected chi connectivity index (χ2v) is 7.06. The summed E-state index contributed by atoms with van der Waals surface area (Å²) in [6.07, 6.45) is 1.42. The molecule has 6 heteroatoms. The molecule has 0 spiro atoms. The van der Waals surface area contributed by atoms with Crippen molar-refractivity contribution in [2.45, 2.75) is 52.2 Å². The molecule has 0 radical (unpaired) electrons. The molecule has 1 saturated heterocycles. The summed E-state index contributed by atoms with van der Waals surface area (Å²) in [5, 5.41) is 2.96. The minimum Gasteiger partial charge on any atom is -0.492 e. The summed E-state index contributed by atoms with van der Waals surface area (Å²) in [7, 11) is 0. The molecule has 24 heavy (non-hydrogen) atoms. The highest BCUT2D eigenvalue weighted by Crippen LogP contribution is 2.29. The predicted octanol–water partition coefficient (Wildman–Crippen LogP) is 3.16. The van der Waals surface area contributed by atoms with Crippen LogP contribution in [0.15, 0.2) is 18.2 Å². The number of nitrogens with one attached hydrogen (secondary N) is 1. The number of carbonyl (C=O) groups excluding carboxylic acids is 1. The molecule has 134 valence electrons. The van der Waals surface area contributed by atoms with E-state index in [-0.39, 0.29) is 12.1 Å². The van der Waals surface area contributed by atoms with Gasteiger partial charge in [0.1, 0.15) is 11.4 Å². The first-order valence-corrected chi connectivity index (χ1v) is 8.55. The van der Waals surface area contributed by atoms with E-state index >= 15 is 0 Å². The molecule has 0 aliphatic carbocycles.